The fourth-order valence-electron chi connectivity index (χ4n) is 2.44. The largest absolute Gasteiger partial charge is 0.395 e. The standard InChI is InChI=1S/C14H23N3O2/c15-6-5-11(9-18)16-8-13-14(19)7-10-3-1-2-4-12(10)17-13/h1-4,11,13-14,16-19H,5-9,15H2. The van der Waals surface area contributed by atoms with Crippen LogP contribution in [0.15, 0.2) is 24.3 Å². The lowest BCUT2D eigenvalue weighted by Crippen LogP contribution is -2.49. The minimum Gasteiger partial charge on any atom is -0.395 e. The first-order valence-corrected chi connectivity index (χ1v) is 6.81. The second kappa shape index (κ2) is 6.86. The quantitative estimate of drug-likeness (QED) is 0.486. The Balaban J connectivity index is 1.91. The lowest BCUT2D eigenvalue weighted by Gasteiger charge is -2.32. The SMILES string of the molecule is NCCC(CO)NCC1Nc2ccccc2CC1O. The van der Waals surface area contributed by atoms with Gasteiger partial charge in [0.15, 0.2) is 0 Å². The molecule has 1 aliphatic heterocycles. The molecule has 1 heterocycles. The number of para-hydroxylation sites is 1. The minimum atomic E-state index is -0.417. The molecule has 0 aliphatic carbocycles. The van der Waals surface area contributed by atoms with Gasteiger partial charge in [-0.2, -0.15) is 0 Å². The maximum Gasteiger partial charge on any atom is 0.0794 e. The summed E-state index contributed by atoms with van der Waals surface area (Å²) in [6.07, 6.45) is 0.978. The first-order chi connectivity index (χ1) is 9.24. The van der Waals surface area contributed by atoms with Crippen LogP contribution in [0, 0.1) is 0 Å². The molecule has 2 rings (SSSR count). The summed E-state index contributed by atoms with van der Waals surface area (Å²) in [5, 5.41) is 25.9. The van der Waals surface area contributed by atoms with E-state index in [1.165, 1.54) is 0 Å². The van der Waals surface area contributed by atoms with Gasteiger partial charge in [-0.25, -0.2) is 0 Å². The number of hydrogen-bond donors (Lipinski definition) is 5. The molecule has 5 nitrogen and oxygen atoms in total. The summed E-state index contributed by atoms with van der Waals surface area (Å²) in [5.74, 6) is 0. The lowest BCUT2D eigenvalue weighted by molar-refractivity contribution is 0.141. The van der Waals surface area contributed by atoms with E-state index < -0.39 is 6.10 Å². The molecular weight excluding hydrogens is 242 g/mol. The molecule has 106 valence electrons. The second-order valence-electron chi connectivity index (χ2n) is 5.04. The van der Waals surface area contributed by atoms with Crippen molar-refractivity contribution in [1.82, 2.24) is 5.32 Å². The third-order valence-corrected chi connectivity index (χ3v) is 3.61. The number of aliphatic hydroxyl groups is 2. The van der Waals surface area contributed by atoms with Crippen LogP contribution in [0.4, 0.5) is 5.69 Å². The van der Waals surface area contributed by atoms with Gasteiger partial charge in [0.05, 0.1) is 18.8 Å². The molecule has 1 aromatic carbocycles. The number of aliphatic hydroxyl groups excluding tert-OH is 2. The topological polar surface area (TPSA) is 90.5 Å². The first-order valence-electron chi connectivity index (χ1n) is 6.81. The van der Waals surface area contributed by atoms with E-state index in [-0.39, 0.29) is 18.7 Å². The van der Waals surface area contributed by atoms with E-state index in [9.17, 15) is 10.2 Å². The highest BCUT2D eigenvalue weighted by molar-refractivity contribution is 5.54. The summed E-state index contributed by atoms with van der Waals surface area (Å²) in [7, 11) is 0. The van der Waals surface area contributed by atoms with Gasteiger partial charge in [-0.3, -0.25) is 0 Å². The van der Waals surface area contributed by atoms with Crippen molar-refractivity contribution in [2.45, 2.75) is 31.0 Å². The molecule has 0 radical (unpaired) electrons. The number of nitrogens with two attached hydrogens (primary N) is 1. The van der Waals surface area contributed by atoms with E-state index in [1.807, 2.05) is 24.3 Å². The predicted octanol–water partition coefficient (Wildman–Crippen LogP) is -0.317. The zero-order valence-corrected chi connectivity index (χ0v) is 11.0. The summed E-state index contributed by atoms with van der Waals surface area (Å²) in [4.78, 5) is 0. The van der Waals surface area contributed by atoms with Crippen molar-refractivity contribution < 1.29 is 10.2 Å². The minimum absolute atomic E-state index is 0.00355. The number of fused-ring (bicyclic) bond motifs is 1. The maximum atomic E-state index is 10.1. The normalized spacial score (nSPS) is 23.5. The van der Waals surface area contributed by atoms with Crippen LogP contribution in [0.25, 0.3) is 0 Å². The average molecular weight is 265 g/mol. The molecule has 0 saturated carbocycles. The predicted molar refractivity (Wildman–Crippen MR) is 76.1 cm³/mol. The van der Waals surface area contributed by atoms with E-state index in [0.29, 0.717) is 19.5 Å². The van der Waals surface area contributed by atoms with Gasteiger partial charge in [0.25, 0.3) is 0 Å². The smallest absolute Gasteiger partial charge is 0.0794 e. The van der Waals surface area contributed by atoms with Crippen LogP contribution in [0.5, 0.6) is 0 Å². The Morgan fingerprint density at radius 1 is 1.42 bits per heavy atom. The molecule has 0 fully saturated rings. The molecule has 3 unspecified atom stereocenters. The molecule has 6 N–H and O–H groups in total. The summed E-state index contributed by atoms with van der Waals surface area (Å²) in [6.45, 7) is 1.22. The first kappa shape index (κ1) is 14.3. The van der Waals surface area contributed by atoms with Gasteiger partial charge in [-0.15, -0.1) is 0 Å². The number of rotatable bonds is 6. The summed E-state index contributed by atoms with van der Waals surface area (Å²) in [5.41, 5.74) is 7.72. The highest BCUT2D eigenvalue weighted by atomic mass is 16.3. The molecule has 19 heavy (non-hydrogen) atoms. The number of hydrogen-bond acceptors (Lipinski definition) is 5. The van der Waals surface area contributed by atoms with Crippen molar-refractivity contribution in [2.24, 2.45) is 5.73 Å². The number of nitrogens with one attached hydrogen (secondary N) is 2. The van der Waals surface area contributed by atoms with Crippen LogP contribution in [0.1, 0.15) is 12.0 Å². The third-order valence-electron chi connectivity index (χ3n) is 3.61. The molecule has 0 aromatic heterocycles. The molecule has 0 saturated heterocycles. The van der Waals surface area contributed by atoms with E-state index >= 15 is 0 Å². The van der Waals surface area contributed by atoms with Gasteiger partial charge in [0.1, 0.15) is 0 Å². The fourth-order valence-corrected chi connectivity index (χ4v) is 2.44. The Hall–Kier alpha value is -1.14. The highest BCUT2D eigenvalue weighted by Crippen LogP contribution is 2.24. The van der Waals surface area contributed by atoms with E-state index in [4.69, 9.17) is 5.73 Å². The average Bonchev–Trinajstić information content (AvgIpc) is 2.43. The monoisotopic (exact) mass is 265 g/mol. The molecule has 0 amide bonds. The van der Waals surface area contributed by atoms with Gasteiger partial charge in [-0.05, 0) is 24.6 Å². The Labute approximate surface area is 113 Å². The number of anilines is 1. The van der Waals surface area contributed by atoms with Crippen molar-refractivity contribution in [2.75, 3.05) is 25.0 Å². The molecule has 0 bridgehead atoms. The van der Waals surface area contributed by atoms with Gasteiger partial charge >= 0.3 is 0 Å². The molecule has 5 heteroatoms. The van der Waals surface area contributed by atoms with Gasteiger partial charge in [0.2, 0.25) is 0 Å². The molecule has 3 atom stereocenters. The summed E-state index contributed by atoms with van der Waals surface area (Å²) < 4.78 is 0. The Kier molecular flexibility index (Phi) is 5.15. The molecule has 0 spiro atoms. The van der Waals surface area contributed by atoms with Crippen LogP contribution in [0.2, 0.25) is 0 Å². The molecule has 1 aliphatic rings. The Bertz CT molecular complexity index is 400. The molecular formula is C14H23N3O2. The van der Waals surface area contributed by atoms with Crippen molar-refractivity contribution in [3.05, 3.63) is 29.8 Å². The van der Waals surface area contributed by atoms with Gasteiger partial charge in [-0.1, -0.05) is 18.2 Å². The van der Waals surface area contributed by atoms with Gasteiger partial charge in [0, 0.05) is 24.7 Å². The Morgan fingerprint density at radius 3 is 2.95 bits per heavy atom. The van der Waals surface area contributed by atoms with Crippen molar-refractivity contribution in [3.63, 3.8) is 0 Å². The molecule has 1 aromatic rings. The lowest BCUT2D eigenvalue weighted by atomic mass is 9.95. The van der Waals surface area contributed by atoms with Crippen molar-refractivity contribution in [1.29, 1.82) is 0 Å². The number of benzene rings is 1. The third kappa shape index (κ3) is 3.67. The zero-order valence-electron chi connectivity index (χ0n) is 11.0. The highest BCUT2D eigenvalue weighted by Gasteiger charge is 2.26. The summed E-state index contributed by atoms with van der Waals surface area (Å²) in [6, 6.07) is 7.98. The van der Waals surface area contributed by atoms with E-state index in [0.717, 1.165) is 17.7 Å². The van der Waals surface area contributed by atoms with Crippen LogP contribution in [-0.2, 0) is 6.42 Å². The fraction of sp³-hybridized carbons (Fsp3) is 0.571. The zero-order chi connectivity index (χ0) is 13.7. The van der Waals surface area contributed by atoms with Crippen LogP contribution in [-0.4, -0.2) is 48.1 Å². The van der Waals surface area contributed by atoms with Gasteiger partial charge < -0.3 is 26.6 Å². The second-order valence-corrected chi connectivity index (χ2v) is 5.04. The Morgan fingerprint density at radius 2 is 2.21 bits per heavy atom. The van der Waals surface area contributed by atoms with Crippen molar-refractivity contribution in [3.8, 4) is 0 Å². The van der Waals surface area contributed by atoms with E-state index in [2.05, 4.69) is 10.6 Å². The van der Waals surface area contributed by atoms with Crippen LogP contribution >= 0.6 is 0 Å². The van der Waals surface area contributed by atoms with Crippen molar-refractivity contribution >= 4 is 5.69 Å². The van der Waals surface area contributed by atoms with Crippen LogP contribution in [0.3, 0.4) is 0 Å². The van der Waals surface area contributed by atoms with E-state index in [1.54, 1.807) is 0 Å². The summed E-state index contributed by atoms with van der Waals surface area (Å²) >= 11 is 0. The van der Waals surface area contributed by atoms with Crippen LogP contribution < -0.4 is 16.4 Å². The maximum absolute atomic E-state index is 10.1.